The van der Waals surface area contributed by atoms with Gasteiger partial charge in [0.1, 0.15) is 0 Å². The summed E-state index contributed by atoms with van der Waals surface area (Å²) in [5.41, 5.74) is 6.31. The molecular formula is C10H12N2O3. The number of rotatable bonds is 4. The van der Waals surface area contributed by atoms with E-state index in [4.69, 9.17) is 10.8 Å². The first kappa shape index (κ1) is 11.0. The van der Waals surface area contributed by atoms with Crippen molar-refractivity contribution in [1.29, 1.82) is 0 Å². The smallest absolute Gasteiger partial charge is 0.316 e. The Kier molecular flexibility index (Phi) is 3.68. The summed E-state index contributed by atoms with van der Waals surface area (Å²) in [4.78, 5) is 21.0. The minimum Gasteiger partial charge on any atom is -0.481 e. The molecule has 1 aromatic carbocycles. The van der Waals surface area contributed by atoms with Crippen LogP contribution in [0.4, 0.5) is 10.5 Å². The fourth-order valence-electron chi connectivity index (χ4n) is 1.23. The summed E-state index contributed by atoms with van der Waals surface area (Å²) in [6, 6.07) is 6.31. The van der Waals surface area contributed by atoms with Crippen LogP contribution in [0, 0.1) is 0 Å². The van der Waals surface area contributed by atoms with Gasteiger partial charge in [-0.25, -0.2) is 4.79 Å². The predicted octanol–water partition coefficient (Wildman–Crippen LogP) is 1.19. The Balaban J connectivity index is 2.76. The molecule has 1 rings (SSSR count). The number of primary amides is 1. The van der Waals surface area contributed by atoms with Crippen LogP contribution in [0.5, 0.6) is 0 Å². The maximum absolute atomic E-state index is 10.7. The van der Waals surface area contributed by atoms with Gasteiger partial charge in [-0.15, -0.1) is 0 Å². The molecular weight excluding hydrogens is 196 g/mol. The molecule has 0 unspecified atom stereocenters. The highest BCUT2D eigenvalue weighted by atomic mass is 16.4. The van der Waals surface area contributed by atoms with Crippen LogP contribution in [0.15, 0.2) is 24.3 Å². The van der Waals surface area contributed by atoms with Crippen molar-refractivity contribution in [3.8, 4) is 0 Å². The molecule has 0 radical (unpaired) electrons. The molecule has 0 heterocycles. The molecule has 0 fully saturated rings. The number of anilines is 1. The molecule has 80 valence electrons. The number of carbonyl (C=O) groups excluding carboxylic acids is 1. The van der Waals surface area contributed by atoms with Gasteiger partial charge in [-0.05, 0) is 18.1 Å². The normalized spacial score (nSPS) is 9.60. The maximum Gasteiger partial charge on any atom is 0.316 e. The second-order valence-electron chi connectivity index (χ2n) is 3.04. The van der Waals surface area contributed by atoms with E-state index in [1.165, 1.54) is 0 Å². The monoisotopic (exact) mass is 208 g/mol. The fraction of sp³-hybridized carbons (Fsp3) is 0.200. The van der Waals surface area contributed by atoms with E-state index >= 15 is 0 Å². The van der Waals surface area contributed by atoms with Gasteiger partial charge in [0.05, 0.1) is 0 Å². The highest BCUT2D eigenvalue weighted by Crippen LogP contribution is 2.16. The summed E-state index contributed by atoms with van der Waals surface area (Å²) >= 11 is 0. The molecule has 2 amide bonds. The van der Waals surface area contributed by atoms with E-state index in [0.29, 0.717) is 12.1 Å². The summed E-state index contributed by atoms with van der Waals surface area (Å²) in [6.07, 6.45) is 0.392. The minimum absolute atomic E-state index is 0.0253. The largest absolute Gasteiger partial charge is 0.481 e. The number of carbonyl (C=O) groups is 2. The number of aliphatic carboxylic acids is 1. The van der Waals surface area contributed by atoms with Crippen molar-refractivity contribution in [2.45, 2.75) is 12.8 Å². The molecule has 5 nitrogen and oxygen atoms in total. The number of para-hydroxylation sites is 1. The number of carboxylic acid groups (broad SMARTS) is 1. The lowest BCUT2D eigenvalue weighted by Crippen LogP contribution is -2.20. The Morgan fingerprint density at radius 2 is 2.00 bits per heavy atom. The molecule has 15 heavy (non-hydrogen) atoms. The van der Waals surface area contributed by atoms with Gasteiger partial charge in [-0.3, -0.25) is 4.79 Å². The third kappa shape index (κ3) is 3.68. The fourth-order valence-corrected chi connectivity index (χ4v) is 1.23. The number of nitrogens with two attached hydrogens (primary N) is 1. The van der Waals surface area contributed by atoms with Crippen molar-refractivity contribution >= 4 is 17.7 Å². The quantitative estimate of drug-likeness (QED) is 0.694. The number of hydrogen-bond acceptors (Lipinski definition) is 2. The first-order valence-corrected chi connectivity index (χ1v) is 4.45. The average Bonchev–Trinajstić information content (AvgIpc) is 2.15. The maximum atomic E-state index is 10.7. The van der Waals surface area contributed by atoms with Crippen molar-refractivity contribution in [2.24, 2.45) is 5.73 Å². The number of nitrogens with one attached hydrogen (secondary N) is 1. The van der Waals surface area contributed by atoms with Crippen LogP contribution in [0.3, 0.4) is 0 Å². The number of hydrogen-bond donors (Lipinski definition) is 3. The van der Waals surface area contributed by atoms with Gasteiger partial charge >= 0.3 is 12.0 Å². The zero-order valence-corrected chi connectivity index (χ0v) is 8.06. The molecule has 1 aromatic rings. The van der Waals surface area contributed by atoms with E-state index in [0.717, 1.165) is 5.56 Å². The highest BCUT2D eigenvalue weighted by Gasteiger charge is 2.05. The molecule has 0 saturated heterocycles. The Morgan fingerprint density at radius 1 is 1.33 bits per heavy atom. The van der Waals surface area contributed by atoms with Crippen LogP contribution in [0.2, 0.25) is 0 Å². The molecule has 4 N–H and O–H groups in total. The van der Waals surface area contributed by atoms with Gasteiger partial charge in [0.2, 0.25) is 0 Å². The second kappa shape index (κ2) is 4.99. The van der Waals surface area contributed by atoms with Crippen LogP contribution in [0.1, 0.15) is 12.0 Å². The van der Waals surface area contributed by atoms with Gasteiger partial charge in [0, 0.05) is 12.1 Å². The third-order valence-electron chi connectivity index (χ3n) is 1.88. The molecule has 0 aliphatic heterocycles. The molecule has 0 aliphatic carbocycles. The Bertz CT molecular complexity index is 377. The number of aryl methyl sites for hydroxylation is 1. The van der Waals surface area contributed by atoms with Crippen LogP contribution in [0.25, 0.3) is 0 Å². The molecule has 0 aliphatic rings. The van der Waals surface area contributed by atoms with E-state index in [1.54, 1.807) is 24.3 Å². The van der Waals surface area contributed by atoms with Gasteiger partial charge < -0.3 is 16.2 Å². The first-order valence-electron chi connectivity index (χ1n) is 4.45. The standard InChI is InChI=1S/C10H12N2O3/c11-10(15)12-8-4-2-1-3-7(8)5-6-9(13)14/h1-4H,5-6H2,(H,13,14)(H3,11,12,15). The van der Waals surface area contributed by atoms with E-state index in [1.807, 2.05) is 0 Å². The summed E-state index contributed by atoms with van der Waals surface area (Å²) in [5.74, 6) is -0.871. The average molecular weight is 208 g/mol. The lowest BCUT2D eigenvalue weighted by Gasteiger charge is -2.07. The predicted molar refractivity (Wildman–Crippen MR) is 55.6 cm³/mol. The second-order valence-corrected chi connectivity index (χ2v) is 3.04. The van der Waals surface area contributed by atoms with E-state index in [2.05, 4.69) is 5.32 Å². The topological polar surface area (TPSA) is 92.4 Å². The van der Waals surface area contributed by atoms with Gasteiger partial charge in [0.15, 0.2) is 0 Å². The molecule has 0 aromatic heterocycles. The lowest BCUT2D eigenvalue weighted by atomic mass is 10.1. The van der Waals surface area contributed by atoms with Crippen LogP contribution >= 0.6 is 0 Å². The summed E-state index contributed by atoms with van der Waals surface area (Å²) < 4.78 is 0. The van der Waals surface area contributed by atoms with E-state index in [-0.39, 0.29) is 6.42 Å². The molecule has 0 atom stereocenters. The van der Waals surface area contributed by atoms with Crippen molar-refractivity contribution in [2.75, 3.05) is 5.32 Å². The van der Waals surface area contributed by atoms with E-state index in [9.17, 15) is 9.59 Å². The van der Waals surface area contributed by atoms with Crippen molar-refractivity contribution in [1.82, 2.24) is 0 Å². The zero-order chi connectivity index (χ0) is 11.3. The number of benzene rings is 1. The summed E-state index contributed by atoms with van der Waals surface area (Å²) in [6.45, 7) is 0. The molecule has 0 saturated carbocycles. The SMILES string of the molecule is NC(=O)Nc1ccccc1CCC(=O)O. The lowest BCUT2D eigenvalue weighted by molar-refractivity contribution is -0.136. The van der Waals surface area contributed by atoms with Crippen LogP contribution < -0.4 is 11.1 Å². The zero-order valence-electron chi connectivity index (χ0n) is 8.06. The van der Waals surface area contributed by atoms with Gasteiger partial charge in [-0.1, -0.05) is 18.2 Å². The Morgan fingerprint density at radius 3 is 2.60 bits per heavy atom. The number of amides is 2. The number of carboxylic acids is 1. The molecule has 5 heteroatoms. The van der Waals surface area contributed by atoms with Crippen LogP contribution in [-0.2, 0) is 11.2 Å². The third-order valence-corrected chi connectivity index (χ3v) is 1.88. The Hall–Kier alpha value is -2.04. The van der Waals surface area contributed by atoms with Crippen molar-refractivity contribution < 1.29 is 14.7 Å². The van der Waals surface area contributed by atoms with E-state index < -0.39 is 12.0 Å². The van der Waals surface area contributed by atoms with Gasteiger partial charge in [-0.2, -0.15) is 0 Å². The summed E-state index contributed by atoms with van der Waals surface area (Å²) in [7, 11) is 0. The van der Waals surface area contributed by atoms with Crippen LogP contribution in [-0.4, -0.2) is 17.1 Å². The Labute approximate surface area is 86.9 Å². The summed E-state index contributed by atoms with van der Waals surface area (Å²) in [5, 5.41) is 11.0. The van der Waals surface area contributed by atoms with Crippen molar-refractivity contribution in [3.05, 3.63) is 29.8 Å². The minimum atomic E-state index is -0.871. The highest BCUT2D eigenvalue weighted by molar-refractivity contribution is 5.88. The molecule has 0 bridgehead atoms. The van der Waals surface area contributed by atoms with Crippen molar-refractivity contribution in [3.63, 3.8) is 0 Å². The van der Waals surface area contributed by atoms with Gasteiger partial charge in [0.25, 0.3) is 0 Å². The number of urea groups is 1. The first-order chi connectivity index (χ1) is 7.09. The molecule has 0 spiro atoms.